The fourth-order valence-electron chi connectivity index (χ4n) is 2.63. The highest BCUT2D eigenvalue weighted by atomic mass is 32.2. The average Bonchev–Trinajstić information content (AvgIpc) is 2.68. The number of carbonyl (C=O) groups is 2. The molecule has 0 aromatic heterocycles. The van der Waals surface area contributed by atoms with Gasteiger partial charge in [0.15, 0.2) is 5.78 Å². The van der Waals surface area contributed by atoms with E-state index in [1.165, 1.54) is 23.9 Å². The van der Waals surface area contributed by atoms with Crippen molar-refractivity contribution < 1.29 is 22.8 Å². The summed E-state index contributed by atoms with van der Waals surface area (Å²) in [5, 5.41) is 0. The first-order valence-electron chi connectivity index (χ1n) is 8.35. The van der Waals surface area contributed by atoms with E-state index in [9.17, 15) is 22.8 Å². The summed E-state index contributed by atoms with van der Waals surface area (Å²) >= 11 is 1.33. The lowest BCUT2D eigenvalue weighted by atomic mass is 9.99. The molecule has 0 bridgehead atoms. The number of halogens is 3. The molecule has 0 aliphatic heterocycles. The molecule has 0 aliphatic carbocycles. The van der Waals surface area contributed by atoms with Crippen LogP contribution < -0.4 is 0 Å². The molecule has 0 N–H and O–H groups in total. The van der Waals surface area contributed by atoms with Gasteiger partial charge in [-0.25, -0.2) is 0 Å². The van der Waals surface area contributed by atoms with Crippen LogP contribution >= 0.6 is 11.8 Å². The molecule has 0 heterocycles. The Morgan fingerprint density at radius 1 is 0.750 bits per heavy atom. The molecule has 2 nitrogen and oxygen atoms in total. The normalized spacial score (nSPS) is 11.3. The monoisotopic (exact) mass is 400 g/mol. The Kier molecular flexibility index (Phi) is 5.70. The maximum absolute atomic E-state index is 12.6. The average molecular weight is 400 g/mol. The fourth-order valence-corrected chi connectivity index (χ4v) is 3.45. The molecule has 3 aromatic rings. The Morgan fingerprint density at radius 3 is 1.75 bits per heavy atom. The van der Waals surface area contributed by atoms with E-state index in [-0.39, 0.29) is 5.78 Å². The van der Waals surface area contributed by atoms with Crippen LogP contribution in [0.3, 0.4) is 0 Å². The highest BCUT2D eigenvalue weighted by Crippen LogP contribution is 2.29. The maximum atomic E-state index is 12.6. The second-order valence-corrected chi connectivity index (χ2v) is 7.27. The van der Waals surface area contributed by atoms with Crippen LogP contribution in [0.4, 0.5) is 13.2 Å². The van der Waals surface area contributed by atoms with Gasteiger partial charge < -0.3 is 0 Å². The minimum atomic E-state index is -4.88. The molecule has 0 spiro atoms. The summed E-state index contributed by atoms with van der Waals surface area (Å²) in [7, 11) is 0. The fraction of sp³-hybridized carbons (Fsp3) is 0.0909. The summed E-state index contributed by atoms with van der Waals surface area (Å²) in [6, 6.07) is 19.6. The summed E-state index contributed by atoms with van der Waals surface area (Å²) in [6.07, 6.45) is -4.88. The van der Waals surface area contributed by atoms with E-state index in [0.717, 1.165) is 22.6 Å². The van der Waals surface area contributed by atoms with Crippen molar-refractivity contribution in [1.29, 1.82) is 0 Å². The zero-order valence-electron chi connectivity index (χ0n) is 14.8. The number of Topliss-reactive ketones (excluding diaryl/α,β-unsaturated/α-hetero) is 1. The number of hydrogen-bond acceptors (Lipinski definition) is 3. The van der Waals surface area contributed by atoms with Crippen molar-refractivity contribution in [2.24, 2.45) is 0 Å². The standard InChI is InChI=1S/C22H15F3O2S/c1-14-4-2-3-5-19(14)20(26)15-6-10-17(11-7-15)28-18-12-8-16(9-13-18)21(27)22(23,24)25/h2-13H,1H3. The van der Waals surface area contributed by atoms with Crippen LogP contribution in [0.2, 0.25) is 0 Å². The molecule has 6 heteroatoms. The van der Waals surface area contributed by atoms with Crippen molar-refractivity contribution in [3.63, 3.8) is 0 Å². The first kappa shape index (κ1) is 19.9. The molecule has 0 amide bonds. The molecule has 0 atom stereocenters. The van der Waals surface area contributed by atoms with E-state index in [1.54, 1.807) is 30.3 Å². The molecule has 0 fully saturated rings. The van der Waals surface area contributed by atoms with Crippen LogP contribution in [-0.4, -0.2) is 17.7 Å². The molecule has 0 saturated heterocycles. The van der Waals surface area contributed by atoms with E-state index in [4.69, 9.17) is 0 Å². The minimum absolute atomic E-state index is 0.0651. The Balaban J connectivity index is 1.72. The highest BCUT2D eigenvalue weighted by Gasteiger charge is 2.39. The van der Waals surface area contributed by atoms with E-state index >= 15 is 0 Å². The van der Waals surface area contributed by atoms with Gasteiger partial charge in [-0.3, -0.25) is 9.59 Å². The first-order valence-corrected chi connectivity index (χ1v) is 9.17. The van der Waals surface area contributed by atoms with Crippen LogP contribution in [0.1, 0.15) is 31.8 Å². The van der Waals surface area contributed by atoms with Gasteiger partial charge in [-0.1, -0.05) is 36.0 Å². The lowest BCUT2D eigenvalue weighted by Crippen LogP contribution is -2.22. The van der Waals surface area contributed by atoms with Gasteiger partial charge in [0.05, 0.1) is 0 Å². The van der Waals surface area contributed by atoms with Crippen molar-refractivity contribution in [3.05, 3.63) is 95.1 Å². The topological polar surface area (TPSA) is 34.1 Å². The second kappa shape index (κ2) is 8.02. The van der Waals surface area contributed by atoms with Crippen molar-refractivity contribution in [1.82, 2.24) is 0 Å². The van der Waals surface area contributed by atoms with Gasteiger partial charge in [0, 0.05) is 26.5 Å². The van der Waals surface area contributed by atoms with Crippen LogP contribution in [-0.2, 0) is 0 Å². The highest BCUT2D eigenvalue weighted by molar-refractivity contribution is 7.99. The minimum Gasteiger partial charge on any atom is -0.289 e. The van der Waals surface area contributed by atoms with Crippen molar-refractivity contribution >= 4 is 23.3 Å². The van der Waals surface area contributed by atoms with Crippen molar-refractivity contribution in [2.45, 2.75) is 22.9 Å². The molecule has 0 saturated carbocycles. The molecule has 142 valence electrons. The maximum Gasteiger partial charge on any atom is 0.454 e. The zero-order valence-corrected chi connectivity index (χ0v) is 15.6. The molecule has 28 heavy (non-hydrogen) atoms. The van der Waals surface area contributed by atoms with Crippen LogP contribution in [0.15, 0.2) is 82.6 Å². The predicted octanol–water partition coefficient (Wildman–Crippen LogP) is 6.12. The summed E-state index contributed by atoms with van der Waals surface area (Å²) in [5.41, 5.74) is 1.72. The van der Waals surface area contributed by atoms with Gasteiger partial charge in [0.25, 0.3) is 5.78 Å². The zero-order chi connectivity index (χ0) is 20.3. The number of hydrogen-bond donors (Lipinski definition) is 0. The molecule has 3 rings (SSSR count). The third-order valence-electron chi connectivity index (χ3n) is 4.12. The number of benzene rings is 3. The third-order valence-corrected chi connectivity index (χ3v) is 5.13. The molecule has 0 unspecified atom stereocenters. The number of rotatable bonds is 5. The third kappa shape index (κ3) is 4.51. The van der Waals surface area contributed by atoms with Crippen LogP contribution in [0, 0.1) is 6.92 Å². The first-order chi connectivity index (χ1) is 13.3. The van der Waals surface area contributed by atoms with Gasteiger partial charge in [-0.2, -0.15) is 13.2 Å². The van der Waals surface area contributed by atoms with Crippen LogP contribution in [0.25, 0.3) is 0 Å². The molecular formula is C22H15F3O2S. The van der Waals surface area contributed by atoms with Gasteiger partial charge in [0.2, 0.25) is 0 Å². The Labute approximate surface area is 164 Å². The predicted molar refractivity (Wildman–Crippen MR) is 102 cm³/mol. The van der Waals surface area contributed by atoms with Crippen molar-refractivity contribution in [2.75, 3.05) is 0 Å². The SMILES string of the molecule is Cc1ccccc1C(=O)c1ccc(Sc2ccc(C(=O)C(F)(F)F)cc2)cc1. The largest absolute Gasteiger partial charge is 0.454 e. The van der Waals surface area contributed by atoms with Gasteiger partial charge in [-0.15, -0.1) is 0 Å². The summed E-state index contributed by atoms with van der Waals surface area (Å²) in [6.45, 7) is 1.88. The Hall–Kier alpha value is -2.86. The second-order valence-electron chi connectivity index (χ2n) is 6.12. The summed E-state index contributed by atoms with van der Waals surface area (Å²) in [4.78, 5) is 25.3. The molecular weight excluding hydrogens is 385 g/mol. The summed E-state index contributed by atoms with van der Waals surface area (Å²) < 4.78 is 37.4. The Morgan fingerprint density at radius 2 is 1.25 bits per heavy atom. The van der Waals surface area contributed by atoms with Gasteiger partial charge in [-0.05, 0) is 61.0 Å². The van der Waals surface area contributed by atoms with Crippen molar-refractivity contribution in [3.8, 4) is 0 Å². The Bertz CT molecular complexity index is 1010. The number of alkyl halides is 3. The number of carbonyl (C=O) groups excluding carboxylic acids is 2. The quantitative estimate of drug-likeness (QED) is 0.484. The van der Waals surface area contributed by atoms with E-state index in [2.05, 4.69) is 0 Å². The lowest BCUT2D eigenvalue weighted by Gasteiger charge is -2.07. The van der Waals surface area contributed by atoms with E-state index < -0.39 is 17.5 Å². The van der Waals surface area contributed by atoms with Gasteiger partial charge >= 0.3 is 6.18 Å². The molecule has 0 radical (unpaired) electrons. The summed E-state index contributed by atoms with van der Waals surface area (Å²) in [5.74, 6) is -1.92. The molecule has 3 aromatic carbocycles. The van der Waals surface area contributed by atoms with Crippen LogP contribution in [0.5, 0.6) is 0 Å². The lowest BCUT2D eigenvalue weighted by molar-refractivity contribution is -0.0885. The number of aryl methyl sites for hydroxylation is 1. The smallest absolute Gasteiger partial charge is 0.289 e. The van der Waals surface area contributed by atoms with Gasteiger partial charge in [0.1, 0.15) is 0 Å². The number of ketones is 2. The van der Waals surface area contributed by atoms with E-state index in [0.29, 0.717) is 16.0 Å². The molecule has 0 aliphatic rings. The van der Waals surface area contributed by atoms with E-state index in [1.807, 2.05) is 25.1 Å².